The summed E-state index contributed by atoms with van der Waals surface area (Å²) in [6.07, 6.45) is 0. The van der Waals surface area contributed by atoms with Gasteiger partial charge in [0.1, 0.15) is 0 Å². The molecular formula is C20H28N4O4S. The molecule has 158 valence electrons. The molecule has 1 N–H and O–H groups in total. The number of nitro groups is 1. The van der Waals surface area contributed by atoms with Crippen LogP contribution in [0, 0.1) is 10.1 Å². The average molecular weight is 421 g/mol. The molecular weight excluding hydrogens is 392 g/mol. The Morgan fingerprint density at radius 3 is 2.62 bits per heavy atom. The van der Waals surface area contributed by atoms with Crippen molar-refractivity contribution in [1.29, 1.82) is 0 Å². The summed E-state index contributed by atoms with van der Waals surface area (Å²) in [6.45, 7) is 11.3. The molecule has 29 heavy (non-hydrogen) atoms. The number of allylic oxidation sites excluding steroid dienone is 1. The van der Waals surface area contributed by atoms with Crippen LogP contribution in [0.2, 0.25) is 0 Å². The lowest BCUT2D eigenvalue weighted by atomic mass is 9.94. The van der Waals surface area contributed by atoms with Crippen molar-refractivity contribution in [3.63, 3.8) is 0 Å². The van der Waals surface area contributed by atoms with Gasteiger partial charge in [-0.25, -0.2) is 4.79 Å². The standard InChI is InChI=1S/C20H28N4O4S/c1-5-22(6-2)11-12-23-14(4)17(19(25)28-7-3)18(21-20(23)29)15-9-8-10-16(13-15)24(26)27/h8-10,13,18H,5-7,11-12H2,1-4H3,(H,21,29)/t18-/m1/s1. The van der Waals surface area contributed by atoms with E-state index in [-0.39, 0.29) is 12.3 Å². The van der Waals surface area contributed by atoms with Gasteiger partial charge in [0.25, 0.3) is 5.69 Å². The third-order valence-corrected chi connectivity index (χ3v) is 5.38. The molecule has 8 nitrogen and oxygen atoms in total. The van der Waals surface area contributed by atoms with Gasteiger partial charge in [-0.2, -0.15) is 0 Å². The smallest absolute Gasteiger partial charge is 0.338 e. The lowest BCUT2D eigenvalue weighted by molar-refractivity contribution is -0.384. The van der Waals surface area contributed by atoms with Crippen molar-refractivity contribution in [1.82, 2.24) is 15.1 Å². The zero-order valence-corrected chi connectivity index (χ0v) is 18.1. The third-order valence-electron chi connectivity index (χ3n) is 5.04. The molecule has 0 aliphatic carbocycles. The predicted octanol–water partition coefficient (Wildman–Crippen LogP) is 3.00. The number of hydrogen-bond acceptors (Lipinski definition) is 6. The Hall–Kier alpha value is -2.52. The fourth-order valence-electron chi connectivity index (χ4n) is 3.37. The SMILES string of the molecule is CCOC(=O)C1=C(C)N(CCN(CC)CC)C(=S)N[C@@H]1c1cccc([N+](=O)[O-])c1. The number of likely N-dealkylation sites (N-methyl/N-ethyl adjacent to an activating group) is 1. The molecule has 1 aromatic carbocycles. The zero-order valence-electron chi connectivity index (χ0n) is 17.3. The summed E-state index contributed by atoms with van der Waals surface area (Å²) in [5.74, 6) is -0.454. The Balaban J connectivity index is 2.44. The van der Waals surface area contributed by atoms with E-state index in [9.17, 15) is 14.9 Å². The quantitative estimate of drug-likeness (QED) is 0.282. The van der Waals surface area contributed by atoms with Crippen LogP contribution in [-0.2, 0) is 9.53 Å². The number of rotatable bonds is 9. The van der Waals surface area contributed by atoms with Gasteiger partial charge >= 0.3 is 5.97 Å². The van der Waals surface area contributed by atoms with Gasteiger partial charge in [-0.15, -0.1) is 0 Å². The van der Waals surface area contributed by atoms with Crippen LogP contribution >= 0.6 is 12.2 Å². The van der Waals surface area contributed by atoms with E-state index in [2.05, 4.69) is 24.1 Å². The summed E-state index contributed by atoms with van der Waals surface area (Å²) in [7, 11) is 0. The van der Waals surface area contributed by atoms with Gasteiger partial charge in [-0.1, -0.05) is 26.0 Å². The predicted molar refractivity (Wildman–Crippen MR) is 115 cm³/mol. The lowest BCUT2D eigenvalue weighted by Gasteiger charge is -2.38. The molecule has 0 radical (unpaired) electrons. The van der Waals surface area contributed by atoms with Gasteiger partial charge in [0.2, 0.25) is 0 Å². The van der Waals surface area contributed by atoms with Gasteiger partial charge < -0.3 is 19.9 Å². The lowest BCUT2D eigenvalue weighted by Crippen LogP contribution is -2.49. The van der Waals surface area contributed by atoms with Crippen molar-refractivity contribution in [2.24, 2.45) is 0 Å². The first-order chi connectivity index (χ1) is 13.8. The maximum atomic E-state index is 12.8. The molecule has 1 atom stereocenters. The fraction of sp³-hybridized carbons (Fsp3) is 0.500. The van der Waals surface area contributed by atoms with Crippen molar-refractivity contribution in [2.75, 3.05) is 32.8 Å². The topological polar surface area (TPSA) is 88.0 Å². The van der Waals surface area contributed by atoms with Crippen molar-refractivity contribution in [3.8, 4) is 0 Å². The van der Waals surface area contributed by atoms with E-state index in [1.807, 2.05) is 11.8 Å². The van der Waals surface area contributed by atoms with Crippen LogP contribution in [0.25, 0.3) is 0 Å². The first-order valence-electron chi connectivity index (χ1n) is 9.76. The third kappa shape index (κ3) is 5.30. The molecule has 0 saturated carbocycles. The summed E-state index contributed by atoms with van der Waals surface area (Å²) in [5.41, 5.74) is 1.67. The Kier molecular flexibility index (Phi) is 8.10. The average Bonchev–Trinajstić information content (AvgIpc) is 2.70. The molecule has 1 aliphatic heterocycles. The van der Waals surface area contributed by atoms with Crippen molar-refractivity contribution < 1.29 is 14.5 Å². The largest absolute Gasteiger partial charge is 0.463 e. The Labute approximate surface area is 176 Å². The minimum Gasteiger partial charge on any atom is -0.463 e. The molecule has 0 spiro atoms. The van der Waals surface area contributed by atoms with Crippen LogP contribution in [0.4, 0.5) is 5.69 Å². The van der Waals surface area contributed by atoms with Crippen LogP contribution in [0.1, 0.15) is 39.3 Å². The van der Waals surface area contributed by atoms with Crippen molar-refractivity contribution in [2.45, 2.75) is 33.7 Å². The van der Waals surface area contributed by atoms with Crippen LogP contribution in [0.15, 0.2) is 35.5 Å². The number of ether oxygens (including phenoxy) is 1. The summed E-state index contributed by atoms with van der Waals surface area (Å²) in [6, 6.07) is 5.61. The van der Waals surface area contributed by atoms with E-state index in [0.29, 0.717) is 28.5 Å². The maximum Gasteiger partial charge on any atom is 0.338 e. The highest BCUT2D eigenvalue weighted by Gasteiger charge is 2.35. The molecule has 1 aliphatic rings. The first-order valence-corrected chi connectivity index (χ1v) is 10.2. The second-order valence-electron chi connectivity index (χ2n) is 6.63. The fourth-order valence-corrected chi connectivity index (χ4v) is 3.72. The molecule has 0 unspecified atom stereocenters. The Bertz CT molecular complexity index is 807. The number of carbonyl (C=O) groups excluding carboxylic acids is 1. The first kappa shape index (κ1) is 22.8. The molecule has 0 amide bonds. The normalized spacial score (nSPS) is 16.8. The van der Waals surface area contributed by atoms with Crippen LogP contribution in [-0.4, -0.2) is 58.6 Å². The number of nitrogens with zero attached hydrogens (tertiary/aromatic N) is 3. The van der Waals surface area contributed by atoms with Crippen molar-refractivity contribution in [3.05, 3.63) is 51.2 Å². The van der Waals surface area contributed by atoms with E-state index in [4.69, 9.17) is 17.0 Å². The van der Waals surface area contributed by atoms with E-state index >= 15 is 0 Å². The van der Waals surface area contributed by atoms with Crippen molar-refractivity contribution >= 4 is 29.0 Å². The number of nitro benzene ring substituents is 1. The highest BCUT2D eigenvalue weighted by molar-refractivity contribution is 7.80. The second-order valence-corrected chi connectivity index (χ2v) is 7.02. The minimum absolute atomic E-state index is 0.0416. The molecule has 0 aromatic heterocycles. The number of benzene rings is 1. The number of esters is 1. The molecule has 0 saturated heterocycles. The number of hydrogen-bond donors (Lipinski definition) is 1. The van der Waals surface area contributed by atoms with Crippen LogP contribution in [0.5, 0.6) is 0 Å². The molecule has 0 bridgehead atoms. The highest BCUT2D eigenvalue weighted by atomic mass is 32.1. The molecule has 1 heterocycles. The van der Waals surface area contributed by atoms with Gasteiger partial charge in [0.05, 0.1) is 23.1 Å². The summed E-state index contributed by atoms with van der Waals surface area (Å²) >= 11 is 5.57. The number of thiocarbonyl (C=S) groups is 1. The Morgan fingerprint density at radius 1 is 1.34 bits per heavy atom. The van der Waals surface area contributed by atoms with Gasteiger partial charge in [0.15, 0.2) is 5.11 Å². The Morgan fingerprint density at radius 2 is 2.03 bits per heavy atom. The van der Waals surface area contributed by atoms with Crippen LogP contribution in [0.3, 0.4) is 0 Å². The monoisotopic (exact) mass is 420 g/mol. The maximum absolute atomic E-state index is 12.8. The zero-order chi connectivity index (χ0) is 21.6. The summed E-state index contributed by atoms with van der Waals surface area (Å²) in [4.78, 5) is 27.7. The molecule has 1 aromatic rings. The summed E-state index contributed by atoms with van der Waals surface area (Å²) < 4.78 is 5.28. The molecule has 9 heteroatoms. The summed E-state index contributed by atoms with van der Waals surface area (Å²) in [5, 5.41) is 14.9. The minimum atomic E-state index is -0.605. The number of carbonyl (C=O) groups is 1. The number of nitrogens with one attached hydrogen (secondary N) is 1. The van der Waals surface area contributed by atoms with Gasteiger partial charge in [-0.05, 0) is 44.7 Å². The van der Waals surface area contributed by atoms with E-state index in [1.165, 1.54) is 12.1 Å². The van der Waals surface area contributed by atoms with Gasteiger partial charge in [0, 0.05) is 30.9 Å². The second kappa shape index (κ2) is 10.3. The van der Waals surface area contributed by atoms with E-state index in [0.717, 1.165) is 19.6 Å². The molecule has 2 rings (SSSR count). The van der Waals surface area contributed by atoms with Crippen LogP contribution < -0.4 is 5.32 Å². The highest BCUT2D eigenvalue weighted by Crippen LogP contribution is 2.32. The van der Waals surface area contributed by atoms with E-state index < -0.39 is 16.9 Å². The molecule has 0 fully saturated rings. The van der Waals surface area contributed by atoms with Gasteiger partial charge in [-0.3, -0.25) is 10.1 Å². The number of non-ortho nitro benzene ring substituents is 1. The van der Waals surface area contributed by atoms with E-state index in [1.54, 1.807) is 19.1 Å².